The summed E-state index contributed by atoms with van der Waals surface area (Å²) in [5.41, 5.74) is 0.722. The summed E-state index contributed by atoms with van der Waals surface area (Å²) in [5.74, 6) is 0. The average molecular weight is 228 g/mol. The summed E-state index contributed by atoms with van der Waals surface area (Å²) in [6, 6.07) is 9.79. The second kappa shape index (κ2) is 5.89. The predicted octanol–water partition coefficient (Wildman–Crippen LogP) is 1.16. The van der Waals surface area contributed by atoms with Gasteiger partial charge in [-0.25, -0.2) is 9.13 Å². The van der Waals surface area contributed by atoms with Gasteiger partial charge >= 0.3 is 0 Å². The highest BCUT2D eigenvalue weighted by atomic mass is 16.1. The van der Waals surface area contributed by atoms with Gasteiger partial charge in [-0.1, -0.05) is 6.07 Å². The highest BCUT2D eigenvalue weighted by molar-refractivity contribution is 5.73. The Hall–Kier alpha value is -2.03. The van der Waals surface area contributed by atoms with Gasteiger partial charge in [0.25, 0.3) is 0 Å². The molecule has 3 heteroatoms. The number of carbonyl (C=O) groups excluding carboxylic acids is 1. The van der Waals surface area contributed by atoms with Crippen LogP contribution in [-0.4, -0.2) is 6.29 Å². The molecule has 0 unspecified atom stereocenters. The van der Waals surface area contributed by atoms with Crippen LogP contribution in [0.25, 0.3) is 0 Å². The number of hydrogen-bond donors (Lipinski definition) is 0. The van der Waals surface area contributed by atoms with Crippen molar-refractivity contribution < 1.29 is 13.9 Å². The van der Waals surface area contributed by atoms with Crippen LogP contribution in [0.1, 0.15) is 16.8 Å². The van der Waals surface area contributed by atoms with E-state index in [4.69, 9.17) is 0 Å². The Labute approximate surface area is 101 Å². The molecule has 0 atom stereocenters. The maximum atomic E-state index is 10.6. The zero-order chi connectivity index (χ0) is 11.9. The predicted molar refractivity (Wildman–Crippen MR) is 63.3 cm³/mol. The number of pyridine rings is 2. The van der Waals surface area contributed by atoms with Gasteiger partial charge in [0.15, 0.2) is 44.2 Å². The molecule has 0 spiro atoms. The first kappa shape index (κ1) is 11.5. The van der Waals surface area contributed by atoms with Gasteiger partial charge in [-0.3, -0.25) is 4.79 Å². The molecule has 0 bridgehead atoms. The minimum absolute atomic E-state index is 0.722. The minimum atomic E-state index is 0.722. The molecule has 0 saturated heterocycles. The van der Waals surface area contributed by atoms with E-state index < -0.39 is 0 Å². The number of nitrogens with zero attached hydrogens (tertiary/aromatic N) is 2. The summed E-state index contributed by atoms with van der Waals surface area (Å²) < 4.78 is 4.21. The molecule has 86 valence electrons. The fraction of sp³-hybridized carbons (Fsp3) is 0.214. The summed E-state index contributed by atoms with van der Waals surface area (Å²) in [7, 11) is 0. The zero-order valence-corrected chi connectivity index (χ0v) is 9.70. The lowest BCUT2D eigenvalue weighted by Gasteiger charge is -1.96. The number of aryl methyl sites for hydroxylation is 2. The first-order valence-corrected chi connectivity index (χ1v) is 5.77. The van der Waals surface area contributed by atoms with Gasteiger partial charge in [0, 0.05) is 18.2 Å². The van der Waals surface area contributed by atoms with E-state index in [2.05, 4.69) is 17.0 Å². The number of aldehydes is 1. The van der Waals surface area contributed by atoms with Gasteiger partial charge in [-0.15, -0.1) is 0 Å². The third kappa shape index (κ3) is 3.48. The second-order valence-corrected chi connectivity index (χ2v) is 3.96. The van der Waals surface area contributed by atoms with E-state index in [1.54, 1.807) is 0 Å². The van der Waals surface area contributed by atoms with Gasteiger partial charge in [0.2, 0.25) is 0 Å². The van der Waals surface area contributed by atoms with Crippen LogP contribution in [-0.2, 0) is 13.1 Å². The van der Waals surface area contributed by atoms with Crippen LogP contribution in [0, 0.1) is 0 Å². The molecule has 0 radical (unpaired) electrons. The molecule has 2 aromatic heterocycles. The fourth-order valence-corrected chi connectivity index (χ4v) is 1.77. The molecule has 0 saturated carbocycles. The molecule has 3 nitrogen and oxygen atoms in total. The Balaban J connectivity index is 1.88. The van der Waals surface area contributed by atoms with Crippen LogP contribution < -0.4 is 9.13 Å². The van der Waals surface area contributed by atoms with Crippen molar-refractivity contribution in [2.75, 3.05) is 0 Å². The Morgan fingerprint density at radius 3 is 2.41 bits per heavy atom. The topological polar surface area (TPSA) is 24.8 Å². The molecular formula is C14H16N2O+2. The molecule has 2 rings (SSSR count). The minimum Gasteiger partial charge on any atom is -0.298 e. The van der Waals surface area contributed by atoms with E-state index in [0.717, 1.165) is 31.4 Å². The van der Waals surface area contributed by atoms with Gasteiger partial charge < -0.3 is 0 Å². The Bertz CT molecular complexity index is 483. The molecule has 0 aliphatic rings. The molecule has 0 fully saturated rings. The van der Waals surface area contributed by atoms with Crippen LogP contribution in [0.15, 0.2) is 55.1 Å². The Morgan fingerprint density at radius 2 is 1.65 bits per heavy atom. The fourth-order valence-electron chi connectivity index (χ4n) is 1.77. The molecule has 17 heavy (non-hydrogen) atoms. The largest absolute Gasteiger partial charge is 0.298 e. The number of rotatable bonds is 5. The van der Waals surface area contributed by atoms with Gasteiger partial charge in [-0.05, 0) is 6.07 Å². The van der Waals surface area contributed by atoms with Crippen molar-refractivity contribution in [3.63, 3.8) is 0 Å². The summed E-state index contributed by atoms with van der Waals surface area (Å²) in [6.07, 6.45) is 9.91. The van der Waals surface area contributed by atoms with E-state index in [-0.39, 0.29) is 0 Å². The molecular weight excluding hydrogens is 212 g/mol. The maximum absolute atomic E-state index is 10.6. The smallest absolute Gasteiger partial charge is 0.179 e. The van der Waals surface area contributed by atoms with Crippen molar-refractivity contribution in [2.24, 2.45) is 0 Å². The third-order valence-electron chi connectivity index (χ3n) is 2.63. The van der Waals surface area contributed by atoms with Crippen LogP contribution in [0.3, 0.4) is 0 Å². The van der Waals surface area contributed by atoms with Crippen molar-refractivity contribution in [1.82, 2.24) is 0 Å². The second-order valence-electron chi connectivity index (χ2n) is 3.96. The van der Waals surface area contributed by atoms with Crippen LogP contribution in [0.2, 0.25) is 0 Å². The standard InChI is InChI=1S/C14H16N2O/c17-13-14-6-4-9-16(12-14)11-5-10-15-7-2-1-3-8-15/h1-4,6-9,12-13H,5,10-11H2/q+2. The van der Waals surface area contributed by atoms with E-state index in [0.29, 0.717) is 0 Å². The Morgan fingerprint density at radius 1 is 0.941 bits per heavy atom. The molecule has 0 aliphatic heterocycles. The lowest BCUT2D eigenvalue weighted by Crippen LogP contribution is -2.38. The first-order valence-electron chi connectivity index (χ1n) is 5.77. The van der Waals surface area contributed by atoms with Gasteiger partial charge in [-0.2, -0.15) is 0 Å². The molecule has 0 aliphatic carbocycles. The average Bonchev–Trinajstić information content (AvgIpc) is 2.40. The van der Waals surface area contributed by atoms with Crippen LogP contribution in [0.5, 0.6) is 0 Å². The molecule has 0 aromatic carbocycles. The highest BCUT2D eigenvalue weighted by Crippen LogP contribution is 1.90. The number of hydrogen-bond acceptors (Lipinski definition) is 1. The summed E-state index contributed by atoms with van der Waals surface area (Å²) >= 11 is 0. The van der Waals surface area contributed by atoms with Gasteiger partial charge in [0.1, 0.15) is 0 Å². The maximum Gasteiger partial charge on any atom is 0.179 e. The SMILES string of the molecule is O=Cc1ccc[n+](CCC[n+]2ccccc2)c1. The van der Waals surface area contributed by atoms with E-state index in [1.807, 2.05) is 47.3 Å². The summed E-state index contributed by atoms with van der Waals surface area (Å²) in [5, 5.41) is 0. The first-order chi connectivity index (χ1) is 8.38. The lowest BCUT2D eigenvalue weighted by molar-refractivity contribution is -0.726. The van der Waals surface area contributed by atoms with Crippen molar-refractivity contribution >= 4 is 6.29 Å². The molecule has 2 heterocycles. The molecule has 0 amide bonds. The third-order valence-corrected chi connectivity index (χ3v) is 2.63. The summed E-state index contributed by atoms with van der Waals surface area (Å²) in [4.78, 5) is 10.6. The van der Waals surface area contributed by atoms with E-state index in [9.17, 15) is 4.79 Å². The van der Waals surface area contributed by atoms with Gasteiger partial charge in [0.05, 0.1) is 12.0 Å². The van der Waals surface area contributed by atoms with Crippen LogP contribution >= 0.6 is 0 Å². The lowest BCUT2D eigenvalue weighted by atomic mass is 10.3. The van der Waals surface area contributed by atoms with E-state index in [1.165, 1.54) is 0 Å². The highest BCUT2D eigenvalue weighted by Gasteiger charge is 2.04. The molecule has 0 N–H and O–H groups in total. The van der Waals surface area contributed by atoms with Crippen LogP contribution in [0.4, 0.5) is 0 Å². The van der Waals surface area contributed by atoms with Crippen molar-refractivity contribution in [2.45, 2.75) is 19.5 Å². The van der Waals surface area contributed by atoms with Crippen molar-refractivity contribution in [3.8, 4) is 0 Å². The van der Waals surface area contributed by atoms with Crippen molar-refractivity contribution in [3.05, 3.63) is 60.7 Å². The van der Waals surface area contributed by atoms with E-state index >= 15 is 0 Å². The normalized spacial score (nSPS) is 10.1. The summed E-state index contributed by atoms with van der Waals surface area (Å²) in [6.45, 7) is 1.91. The Kier molecular flexibility index (Phi) is 3.97. The molecule has 2 aromatic rings. The zero-order valence-electron chi connectivity index (χ0n) is 9.70. The van der Waals surface area contributed by atoms with Crippen molar-refractivity contribution in [1.29, 1.82) is 0 Å². The quantitative estimate of drug-likeness (QED) is 0.557. The monoisotopic (exact) mass is 228 g/mol. The number of aromatic nitrogens is 2. The number of carbonyl (C=O) groups is 1.